The number of hydrogen-bond acceptors (Lipinski definition) is 4. The van der Waals surface area contributed by atoms with Crippen LogP contribution in [0.15, 0.2) is 101 Å². The van der Waals surface area contributed by atoms with Gasteiger partial charge >= 0.3 is 0 Å². The SMILES string of the molecule is COc1cccc(S(=O)(=O)Nc2ccc(-c3ccc(-c4ccccc4)n3CC(=O)N=C(N)N)cc2)c1. The zero-order valence-corrected chi connectivity index (χ0v) is 20.3. The highest BCUT2D eigenvalue weighted by Gasteiger charge is 2.17. The number of carbonyl (C=O) groups excluding carboxylic acids is 1. The molecular weight excluding hydrogens is 478 g/mol. The molecule has 1 amide bonds. The van der Waals surface area contributed by atoms with Crippen LogP contribution in [-0.4, -0.2) is 32.0 Å². The maximum absolute atomic E-state index is 12.8. The van der Waals surface area contributed by atoms with Gasteiger partial charge in [0.05, 0.1) is 12.0 Å². The first-order valence-corrected chi connectivity index (χ1v) is 12.4. The minimum absolute atomic E-state index is 0.0747. The van der Waals surface area contributed by atoms with Crippen LogP contribution in [0.2, 0.25) is 0 Å². The van der Waals surface area contributed by atoms with E-state index >= 15 is 0 Å². The molecule has 0 unspecified atom stereocenters. The number of aromatic nitrogens is 1. The second-order valence-electron chi connectivity index (χ2n) is 7.85. The molecule has 10 heteroatoms. The summed E-state index contributed by atoms with van der Waals surface area (Å²) in [5.74, 6) is -0.353. The van der Waals surface area contributed by atoms with Crippen molar-refractivity contribution in [3.05, 3.63) is 91.0 Å². The molecule has 5 N–H and O–H groups in total. The van der Waals surface area contributed by atoms with Crippen LogP contribution in [0.4, 0.5) is 5.69 Å². The number of nitrogens with zero attached hydrogens (tertiary/aromatic N) is 2. The predicted octanol–water partition coefficient (Wildman–Crippen LogP) is 3.43. The van der Waals surface area contributed by atoms with Crippen molar-refractivity contribution in [3.8, 4) is 28.3 Å². The van der Waals surface area contributed by atoms with Gasteiger partial charge in [0, 0.05) is 23.1 Å². The number of nitrogens with two attached hydrogens (primary N) is 2. The highest BCUT2D eigenvalue weighted by molar-refractivity contribution is 7.92. The van der Waals surface area contributed by atoms with Crippen molar-refractivity contribution in [2.75, 3.05) is 11.8 Å². The number of aliphatic imine (C=N–C) groups is 1. The number of benzene rings is 3. The van der Waals surface area contributed by atoms with Crippen molar-refractivity contribution < 1.29 is 17.9 Å². The Labute approximate surface area is 209 Å². The molecule has 0 saturated heterocycles. The predicted molar refractivity (Wildman–Crippen MR) is 140 cm³/mol. The average Bonchev–Trinajstić information content (AvgIpc) is 3.27. The molecule has 0 aliphatic rings. The molecule has 1 heterocycles. The maximum Gasteiger partial charge on any atom is 0.268 e. The lowest BCUT2D eigenvalue weighted by atomic mass is 10.1. The van der Waals surface area contributed by atoms with E-state index in [9.17, 15) is 13.2 Å². The lowest BCUT2D eigenvalue weighted by Crippen LogP contribution is -2.25. The molecule has 36 heavy (non-hydrogen) atoms. The van der Waals surface area contributed by atoms with Crippen LogP contribution < -0.4 is 20.9 Å². The van der Waals surface area contributed by atoms with Gasteiger partial charge in [-0.15, -0.1) is 0 Å². The van der Waals surface area contributed by atoms with Gasteiger partial charge < -0.3 is 20.8 Å². The van der Waals surface area contributed by atoms with Gasteiger partial charge in [-0.05, 0) is 47.5 Å². The van der Waals surface area contributed by atoms with Crippen LogP contribution >= 0.6 is 0 Å². The fourth-order valence-electron chi connectivity index (χ4n) is 3.76. The number of ether oxygens (including phenoxy) is 1. The van der Waals surface area contributed by atoms with Crippen LogP contribution in [0.1, 0.15) is 0 Å². The highest BCUT2D eigenvalue weighted by atomic mass is 32.2. The second-order valence-corrected chi connectivity index (χ2v) is 9.53. The molecule has 1 aromatic heterocycles. The third-order valence-corrected chi connectivity index (χ3v) is 6.76. The van der Waals surface area contributed by atoms with Crippen LogP contribution in [0, 0.1) is 0 Å². The van der Waals surface area contributed by atoms with Crippen molar-refractivity contribution >= 4 is 27.6 Å². The van der Waals surface area contributed by atoms with E-state index in [1.165, 1.54) is 19.2 Å². The molecule has 0 spiro atoms. The fraction of sp³-hybridized carbons (Fsp3) is 0.0769. The smallest absolute Gasteiger partial charge is 0.268 e. The zero-order valence-electron chi connectivity index (χ0n) is 19.5. The van der Waals surface area contributed by atoms with Gasteiger partial charge in [0.2, 0.25) is 0 Å². The molecule has 4 rings (SSSR count). The van der Waals surface area contributed by atoms with Crippen molar-refractivity contribution in [2.24, 2.45) is 16.5 Å². The molecule has 0 saturated carbocycles. The van der Waals surface area contributed by atoms with Gasteiger partial charge in [-0.25, -0.2) is 8.42 Å². The minimum atomic E-state index is -3.81. The summed E-state index contributed by atoms with van der Waals surface area (Å²) >= 11 is 0. The third-order valence-electron chi connectivity index (χ3n) is 5.38. The van der Waals surface area contributed by atoms with Gasteiger partial charge in [0.25, 0.3) is 15.9 Å². The molecule has 0 fully saturated rings. The lowest BCUT2D eigenvalue weighted by Gasteiger charge is -2.13. The van der Waals surface area contributed by atoms with Gasteiger partial charge in [-0.3, -0.25) is 9.52 Å². The highest BCUT2D eigenvalue weighted by Crippen LogP contribution is 2.30. The van der Waals surface area contributed by atoms with Gasteiger partial charge in [0.15, 0.2) is 5.96 Å². The molecule has 9 nitrogen and oxygen atoms in total. The van der Waals surface area contributed by atoms with E-state index in [0.29, 0.717) is 11.4 Å². The maximum atomic E-state index is 12.8. The Hall–Kier alpha value is -4.57. The average molecular weight is 504 g/mol. The Morgan fingerprint density at radius 2 is 1.53 bits per heavy atom. The van der Waals surface area contributed by atoms with Crippen molar-refractivity contribution in [1.82, 2.24) is 4.57 Å². The molecule has 0 aliphatic carbocycles. The summed E-state index contributed by atoms with van der Waals surface area (Å²) in [5.41, 5.74) is 14.4. The lowest BCUT2D eigenvalue weighted by molar-refractivity contribution is -0.118. The zero-order chi connectivity index (χ0) is 25.7. The van der Waals surface area contributed by atoms with E-state index in [-0.39, 0.29) is 17.4 Å². The summed E-state index contributed by atoms with van der Waals surface area (Å²) in [6.45, 7) is -0.0747. The molecular formula is C26H25N5O4S. The Kier molecular flexibility index (Phi) is 7.07. The molecule has 4 aromatic rings. The van der Waals surface area contributed by atoms with Crippen LogP contribution in [0.3, 0.4) is 0 Å². The summed E-state index contributed by atoms with van der Waals surface area (Å²) in [5, 5.41) is 0. The van der Waals surface area contributed by atoms with Crippen LogP contribution in [0.5, 0.6) is 5.75 Å². The first-order chi connectivity index (χ1) is 17.3. The van der Waals surface area contributed by atoms with E-state index in [1.807, 2.05) is 47.0 Å². The first kappa shape index (κ1) is 24.6. The van der Waals surface area contributed by atoms with E-state index in [1.54, 1.807) is 36.4 Å². The topological polar surface area (TPSA) is 142 Å². The number of rotatable bonds is 8. The Bertz CT molecular complexity index is 1510. The molecule has 3 aromatic carbocycles. The Morgan fingerprint density at radius 1 is 0.889 bits per heavy atom. The van der Waals surface area contributed by atoms with Gasteiger partial charge in [-0.2, -0.15) is 4.99 Å². The number of anilines is 1. The van der Waals surface area contributed by atoms with Crippen LogP contribution in [-0.2, 0) is 21.4 Å². The summed E-state index contributed by atoms with van der Waals surface area (Å²) in [4.78, 5) is 16.2. The van der Waals surface area contributed by atoms with Crippen molar-refractivity contribution in [3.63, 3.8) is 0 Å². The molecule has 0 atom stereocenters. The van der Waals surface area contributed by atoms with Gasteiger partial charge in [0.1, 0.15) is 12.3 Å². The van der Waals surface area contributed by atoms with Crippen molar-refractivity contribution in [2.45, 2.75) is 11.4 Å². The number of sulfonamides is 1. The standard InChI is InChI=1S/C26H25N5O4S/c1-35-21-8-5-9-22(16-21)36(33,34)30-20-12-10-19(11-13-20)24-15-14-23(18-6-3-2-4-7-18)31(24)17-25(32)29-26(27)28/h2-16,30H,17H2,1H3,(H4,27,28,29,32). The summed E-state index contributed by atoms with van der Waals surface area (Å²) < 4.78 is 35.1. The van der Waals surface area contributed by atoms with E-state index in [2.05, 4.69) is 9.71 Å². The summed E-state index contributed by atoms with van der Waals surface area (Å²) in [7, 11) is -2.34. The number of amides is 1. The molecule has 184 valence electrons. The monoisotopic (exact) mass is 503 g/mol. The van der Waals surface area contributed by atoms with E-state index < -0.39 is 15.9 Å². The molecule has 0 bridgehead atoms. The number of guanidine groups is 1. The van der Waals surface area contributed by atoms with Gasteiger partial charge in [-0.1, -0.05) is 48.5 Å². The van der Waals surface area contributed by atoms with E-state index in [4.69, 9.17) is 16.2 Å². The largest absolute Gasteiger partial charge is 0.497 e. The number of nitrogens with one attached hydrogen (secondary N) is 1. The fourth-order valence-corrected chi connectivity index (χ4v) is 4.85. The quantitative estimate of drug-likeness (QED) is 0.248. The number of carbonyl (C=O) groups is 1. The van der Waals surface area contributed by atoms with Crippen LogP contribution in [0.25, 0.3) is 22.5 Å². The normalized spacial score (nSPS) is 11.0. The number of hydrogen-bond donors (Lipinski definition) is 3. The molecule has 0 aliphatic heterocycles. The second kappa shape index (κ2) is 10.4. The Morgan fingerprint density at radius 3 is 2.14 bits per heavy atom. The summed E-state index contributed by atoms with van der Waals surface area (Å²) in [6, 6.07) is 26.5. The third kappa shape index (κ3) is 5.56. The Balaban J connectivity index is 1.65. The molecule has 0 radical (unpaired) electrons. The minimum Gasteiger partial charge on any atom is -0.497 e. The number of methoxy groups -OCH3 is 1. The first-order valence-electron chi connectivity index (χ1n) is 10.9. The van der Waals surface area contributed by atoms with E-state index in [0.717, 1.165) is 22.5 Å². The van der Waals surface area contributed by atoms with Crippen molar-refractivity contribution in [1.29, 1.82) is 0 Å². The summed E-state index contributed by atoms with van der Waals surface area (Å²) in [6.07, 6.45) is 0.